The van der Waals surface area contributed by atoms with Crippen molar-refractivity contribution in [2.24, 2.45) is 0 Å². The first-order chi connectivity index (χ1) is 12.0. The molecule has 2 aromatic carbocycles. The van der Waals surface area contributed by atoms with Gasteiger partial charge in [0.2, 0.25) is 0 Å². The lowest BCUT2D eigenvalue weighted by atomic mass is 9.97. The van der Waals surface area contributed by atoms with Crippen LogP contribution in [0.4, 0.5) is 0 Å². The van der Waals surface area contributed by atoms with Gasteiger partial charge < -0.3 is 5.32 Å². The maximum absolute atomic E-state index is 12.5. The minimum absolute atomic E-state index is 0.0220. The van der Waals surface area contributed by atoms with Crippen LogP contribution in [0.1, 0.15) is 36.5 Å². The van der Waals surface area contributed by atoms with Gasteiger partial charge >= 0.3 is 0 Å². The number of carbonyl (C=O) groups excluding carboxylic acids is 1. The molecule has 1 N–H and O–H groups in total. The molecule has 0 unspecified atom stereocenters. The van der Waals surface area contributed by atoms with Crippen molar-refractivity contribution in [2.75, 3.05) is 0 Å². The molecule has 1 amide bonds. The molecular formula is C23H25NO. The first-order valence-electron chi connectivity index (χ1n) is 8.85. The van der Waals surface area contributed by atoms with Crippen LogP contribution in [0.2, 0.25) is 0 Å². The number of nitrogens with one attached hydrogen (secondary N) is 1. The minimum Gasteiger partial charge on any atom is -0.348 e. The highest BCUT2D eigenvalue weighted by atomic mass is 16.1. The van der Waals surface area contributed by atoms with Gasteiger partial charge in [0.1, 0.15) is 0 Å². The van der Waals surface area contributed by atoms with E-state index in [0.717, 1.165) is 24.0 Å². The minimum atomic E-state index is 0.0220. The van der Waals surface area contributed by atoms with Gasteiger partial charge in [-0.05, 0) is 61.9 Å². The van der Waals surface area contributed by atoms with E-state index in [0.29, 0.717) is 6.54 Å². The number of carbonyl (C=O) groups is 1. The fourth-order valence-corrected chi connectivity index (χ4v) is 3.18. The van der Waals surface area contributed by atoms with Gasteiger partial charge in [-0.1, -0.05) is 59.7 Å². The molecule has 1 aliphatic rings. The van der Waals surface area contributed by atoms with E-state index in [4.69, 9.17) is 0 Å². The maximum atomic E-state index is 12.5. The van der Waals surface area contributed by atoms with Crippen LogP contribution in [0.5, 0.6) is 0 Å². The lowest BCUT2D eigenvalue weighted by Crippen LogP contribution is -2.25. The molecule has 0 aliphatic heterocycles. The molecule has 2 nitrogen and oxygen atoms in total. The van der Waals surface area contributed by atoms with Crippen molar-refractivity contribution in [2.45, 2.75) is 40.2 Å². The number of benzene rings is 2. The van der Waals surface area contributed by atoms with Crippen molar-refractivity contribution in [1.82, 2.24) is 5.32 Å². The number of hydrogen-bond acceptors (Lipinski definition) is 1. The molecule has 0 spiro atoms. The molecule has 2 heteroatoms. The highest BCUT2D eigenvalue weighted by molar-refractivity contribution is 5.97. The van der Waals surface area contributed by atoms with E-state index in [9.17, 15) is 4.79 Å². The molecule has 0 saturated heterocycles. The first kappa shape index (κ1) is 17.2. The van der Waals surface area contributed by atoms with Crippen molar-refractivity contribution in [3.8, 4) is 11.1 Å². The number of aryl methyl sites for hydroxylation is 2. The fourth-order valence-electron chi connectivity index (χ4n) is 3.18. The molecule has 2 aromatic rings. The van der Waals surface area contributed by atoms with E-state index in [-0.39, 0.29) is 5.91 Å². The Hall–Kier alpha value is -2.61. The van der Waals surface area contributed by atoms with Gasteiger partial charge in [-0.3, -0.25) is 4.79 Å². The highest BCUT2D eigenvalue weighted by Crippen LogP contribution is 2.24. The summed E-state index contributed by atoms with van der Waals surface area (Å²) < 4.78 is 0. The summed E-state index contributed by atoms with van der Waals surface area (Å²) in [5.74, 6) is 0.0220. The quantitative estimate of drug-likeness (QED) is 0.814. The van der Waals surface area contributed by atoms with Crippen LogP contribution < -0.4 is 5.32 Å². The summed E-state index contributed by atoms with van der Waals surface area (Å²) >= 11 is 0. The summed E-state index contributed by atoms with van der Waals surface area (Å²) in [5.41, 5.74) is 7.99. The second-order valence-electron chi connectivity index (χ2n) is 6.83. The predicted octanol–water partition coefficient (Wildman–Crippen LogP) is 5.25. The van der Waals surface area contributed by atoms with Crippen molar-refractivity contribution < 1.29 is 4.79 Å². The molecule has 0 aromatic heterocycles. The van der Waals surface area contributed by atoms with Crippen LogP contribution in [0.3, 0.4) is 0 Å². The van der Waals surface area contributed by atoms with Crippen LogP contribution in [0.25, 0.3) is 11.1 Å². The van der Waals surface area contributed by atoms with Gasteiger partial charge in [0.05, 0.1) is 0 Å². The van der Waals surface area contributed by atoms with E-state index in [1.54, 1.807) is 0 Å². The van der Waals surface area contributed by atoms with Gasteiger partial charge in [0.25, 0.3) is 5.91 Å². The van der Waals surface area contributed by atoms with E-state index < -0.39 is 0 Å². The summed E-state index contributed by atoms with van der Waals surface area (Å²) in [6.45, 7) is 6.79. The van der Waals surface area contributed by atoms with Crippen molar-refractivity contribution in [1.29, 1.82) is 0 Å². The lowest BCUT2D eigenvalue weighted by molar-refractivity contribution is -0.117. The summed E-state index contributed by atoms with van der Waals surface area (Å²) in [6, 6.07) is 15.0. The van der Waals surface area contributed by atoms with Gasteiger partial charge in [-0.25, -0.2) is 0 Å². The molecule has 3 rings (SSSR count). The number of hydrogen-bond donors (Lipinski definition) is 1. The number of amides is 1. The molecule has 0 fully saturated rings. The smallest absolute Gasteiger partial charge is 0.251 e. The van der Waals surface area contributed by atoms with E-state index in [1.807, 2.05) is 13.0 Å². The molecule has 0 bridgehead atoms. The Morgan fingerprint density at radius 1 is 1.04 bits per heavy atom. The van der Waals surface area contributed by atoms with Gasteiger partial charge in [0, 0.05) is 12.1 Å². The zero-order valence-corrected chi connectivity index (χ0v) is 15.2. The van der Waals surface area contributed by atoms with Crippen LogP contribution in [-0.4, -0.2) is 5.91 Å². The Balaban J connectivity index is 1.78. The summed E-state index contributed by atoms with van der Waals surface area (Å²) in [6.07, 6.45) is 6.02. The largest absolute Gasteiger partial charge is 0.348 e. The van der Waals surface area contributed by atoms with Crippen molar-refractivity contribution in [3.05, 3.63) is 82.5 Å². The third-order valence-corrected chi connectivity index (χ3v) is 4.81. The zero-order chi connectivity index (χ0) is 17.8. The molecule has 1 aliphatic carbocycles. The Morgan fingerprint density at radius 2 is 1.84 bits per heavy atom. The topological polar surface area (TPSA) is 29.1 Å². The molecule has 25 heavy (non-hydrogen) atoms. The number of rotatable bonds is 4. The summed E-state index contributed by atoms with van der Waals surface area (Å²) in [5, 5.41) is 3.08. The predicted molar refractivity (Wildman–Crippen MR) is 104 cm³/mol. The molecule has 0 heterocycles. The molecule has 0 saturated carbocycles. The summed E-state index contributed by atoms with van der Waals surface area (Å²) in [4.78, 5) is 12.5. The van der Waals surface area contributed by atoms with E-state index >= 15 is 0 Å². The van der Waals surface area contributed by atoms with Gasteiger partial charge in [0.15, 0.2) is 0 Å². The van der Waals surface area contributed by atoms with Crippen LogP contribution in [0.15, 0.2) is 65.8 Å². The second kappa shape index (κ2) is 7.52. The zero-order valence-electron chi connectivity index (χ0n) is 15.2. The van der Waals surface area contributed by atoms with Gasteiger partial charge in [-0.15, -0.1) is 0 Å². The van der Waals surface area contributed by atoms with Crippen LogP contribution >= 0.6 is 0 Å². The van der Waals surface area contributed by atoms with Crippen LogP contribution in [-0.2, 0) is 11.3 Å². The van der Waals surface area contributed by atoms with Crippen LogP contribution in [0, 0.1) is 13.8 Å². The molecule has 128 valence electrons. The average Bonchev–Trinajstić information content (AvgIpc) is 2.61. The highest BCUT2D eigenvalue weighted by Gasteiger charge is 2.13. The van der Waals surface area contributed by atoms with Crippen molar-refractivity contribution in [3.63, 3.8) is 0 Å². The average molecular weight is 331 g/mol. The molecular weight excluding hydrogens is 306 g/mol. The fraction of sp³-hybridized carbons (Fsp3) is 0.261. The Kier molecular flexibility index (Phi) is 5.18. The van der Waals surface area contributed by atoms with Gasteiger partial charge in [-0.2, -0.15) is 0 Å². The lowest BCUT2D eigenvalue weighted by Gasteiger charge is -2.14. The number of allylic oxidation sites excluding steroid dienone is 2. The van der Waals surface area contributed by atoms with E-state index in [2.05, 4.69) is 67.7 Å². The Labute approximate surface area is 150 Å². The first-order valence-corrected chi connectivity index (χ1v) is 8.85. The Bertz CT molecular complexity index is 858. The second-order valence-corrected chi connectivity index (χ2v) is 6.83. The molecule has 0 atom stereocenters. The van der Waals surface area contributed by atoms with E-state index in [1.165, 1.54) is 27.8 Å². The monoisotopic (exact) mass is 331 g/mol. The normalized spacial score (nSPS) is 13.9. The SMILES string of the molecule is CC1=C(C(=O)NCc2cc(-c3cccc(C)c3)ccc2C)C=CCC1. The van der Waals surface area contributed by atoms with Crippen molar-refractivity contribution >= 4 is 5.91 Å². The maximum Gasteiger partial charge on any atom is 0.251 e. The Morgan fingerprint density at radius 3 is 2.60 bits per heavy atom. The third kappa shape index (κ3) is 4.08. The standard InChI is InChI=1S/C23H25NO/c1-16-7-6-9-19(13-16)20-12-11-17(2)21(14-20)15-24-23(25)22-10-5-4-8-18(22)3/h5-7,9-14H,4,8,15H2,1-3H3,(H,24,25). The molecule has 0 radical (unpaired) electrons. The summed E-state index contributed by atoms with van der Waals surface area (Å²) in [7, 11) is 0. The third-order valence-electron chi connectivity index (χ3n) is 4.81.